The predicted molar refractivity (Wildman–Crippen MR) is 108 cm³/mol. The van der Waals surface area contributed by atoms with Crippen molar-refractivity contribution in [3.8, 4) is 0 Å². The molecule has 0 radical (unpaired) electrons. The van der Waals surface area contributed by atoms with Crippen LogP contribution >= 0.6 is 11.3 Å². The standard InChI is InChI=1S/C20H21N5OS/c26-19(22-14-16-6-2-1-3-7-16)17-15-27-20(23-17)25-12-10-24(11-13-25)18-8-4-5-9-21-18/h1-9,15H,10-14H2,(H,22,26). The highest BCUT2D eigenvalue weighted by molar-refractivity contribution is 7.13. The van der Waals surface area contributed by atoms with Crippen molar-refractivity contribution in [1.29, 1.82) is 0 Å². The molecule has 0 aliphatic carbocycles. The fourth-order valence-electron chi connectivity index (χ4n) is 3.05. The summed E-state index contributed by atoms with van der Waals surface area (Å²) in [6.07, 6.45) is 1.82. The molecule has 4 rings (SSSR count). The third kappa shape index (κ3) is 4.25. The summed E-state index contributed by atoms with van der Waals surface area (Å²) in [5.41, 5.74) is 1.56. The van der Waals surface area contributed by atoms with Crippen molar-refractivity contribution in [2.45, 2.75) is 6.54 Å². The van der Waals surface area contributed by atoms with E-state index in [1.54, 1.807) is 0 Å². The van der Waals surface area contributed by atoms with E-state index in [0.29, 0.717) is 12.2 Å². The van der Waals surface area contributed by atoms with Crippen molar-refractivity contribution in [1.82, 2.24) is 15.3 Å². The van der Waals surface area contributed by atoms with Crippen LogP contribution < -0.4 is 15.1 Å². The van der Waals surface area contributed by atoms with E-state index < -0.39 is 0 Å². The molecule has 0 atom stereocenters. The second-order valence-corrected chi connectivity index (χ2v) is 7.18. The van der Waals surface area contributed by atoms with Crippen LogP contribution in [0.15, 0.2) is 60.1 Å². The Balaban J connectivity index is 1.32. The SMILES string of the molecule is O=C(NCc1ccccc1)c1csc(N2CCN(c3ccccn3)CC2)n1. The van der Waals surface area contributed by atoms with E-state index in [-0.39, 0.29) is 5.91 Å². The number of aromatic nitrogens is 2. The van der Waals surface area contributed by atoms with Crippen molar-refractivity contribution in [2.75, 3.05) is 36.0 Å². The quantitative estimate of drug-likeness (QED) is 0.739. The number of carbonyl (C=O) groups is 1. The van der Waals surface area contributed by atoms with Gasteiger partial charge in [0.05, 0.1) is 0 Å². The molecule has 0 spiro atoms. The summed E-state index contributed by atoms with van der Waals surface area (Å²) >= 11 is 1.52. The number of benzene rings is 1. The molecule has 1 N–H and O–H groups in total. The first kappa shape index (κ1) is 17.5. The molecule has 1 aromatic carbocycles. The van der Waals surface area contributed by atoms with Crippen LogP contribution in [0.25, 0.3) is 0 Å². The number of pyridine rings is 1. The minimum atomic E-state index is -0.131. The van der Waals surface area contributed by atoms with Gasteiger partial charge in [-0.25, -0.2) is 9.97 Å². The zero-order valence-corrected chi connectivity index (χ0v) is 15.7. The molecular weight excluding hydrogens is 358 g/mol. The summed E-state index contributed by atoms with van der Waals surface area (Å²) in [5, 5.41) is 5.67. The maximum Gasteiger partial charge on any atom is 0.271 e. The monoisotopic (exact) mass is 379 g/mol. The Morgan fingerprint density at radius 1 is 1.00 bits per heavy atom. The first-order chi connectivity index (χ1) is 13.3. The summed E-state index contributed by atoms with van der Waals surface area (Å²) in [7, 11) is 0. The van der Waals surface area contributed by atoms with Crippen LogP contribution in [0.1, 0.15) is 16.1 Å². The van der Waals surface area contributed by atoms with Crippen molar-refractivity contribution >= 4 is 28.2 Å². The van der Waals surface area contributed by atoms with E-state index in [0.717, 1.165) is 42.7 Å². The average Bonchev–Trinajstić information content (AvgIpc) is 3.24. The van der Waals surface area contributed by atoms with E-state index in [1.165, 1.54) is 11.3 Å². The van der Waals surface area contributed by atoms with Gasteiger partial charge in [-0.05, 0) is 17.7 Å². The largest absolute Gasteiger partial charge is 0.353 e. The predicted octanol–water partition coefficient (Wildman–Crippen LogP) is 2.79. The Morgan fingerprint density at radius 3 is 2.48 bits per heavy atom. The molecule has 1 aliphatic rings. The van der Waals surface area contributed by atoms with E-state index in [9.17, 15) is 4.79 Å². The molecule has 1 amide bonds. The van der Waals surface area contributed by atoms with Gasteiger partial charge in [-0.1, -0.05) is 36.4 Å². The zero-order valence-electron chi connectivity index (χ0n) is 14.9. The van der Waals surface area contributed by atoms with Gasteiger partial charge in [0, 0.05) is 44.3 Å². The van der Waals surface area contributed by atoms with Gasteiger partial charge in [-0.3, -0.25) is 4.79 Å². The Morgan fingerprint density at radius 2 is 1.74 bits per heavy atom. The van der Waals surface area contributed by atoms with Crippen LogP contribution in [-0.2, 0) is 6.54 Å². The number of hydrogen-bond donors (Lipinski definition) is 1. The van der Waals surface area contributed by atoms with Crippen molar-refractivity contribution < 1.29 is 4.79 Å². The normalized spacial score (nSPS) is 14.2. The van der Waals surface area contributed by atoms with Crippen LogP contribution in [0.2, 0.25) is 0 Å². The van der Waals surface area contributed by atoms with Gasteiger partial charge in [0.1, 0.15) is 11.5 Å². The number of nitrogens with zero attached hydrogens (tertiary/aromatic N) is 4. The Hall–Kier alpha value is -2.93. The molecule has 27 heavy (non-hydrogen) atoms. The molecule has 138 valence electrons. The van der Waals surface area contributed by atoms with E-state index in [2.05, 4.69) is 25.1 Å². The summed E-state index contributed by atoms with van der Waals surface area (Å²) in [6, 6.07) is 15.9. The highest BCUT2D eigenvalue weighted by atomic mass is 32.1. The molecule has 0 saturated carbocycles. The summed E-state index contributed by atoms with van der Waals surface area (Å²) in [4.78, 5) is 25.8. The Bertz CT molecular complexity index is 876. The topological polar surface area (TPSA) is 61.4 Å². The molecule has 6 nitrogen and oxygen atoms in total. The lowest BCUT2D eigenvalue weighted by Crippen LogP contribution is -2.46. The van der Waals surface area contributed by atoms with E-state index in [4.69, 9.17) is 0 Å². The summed E-state index contributed by atoms with van der Waals surface area (Å²) < 4.78 is 0. The minimum absolute atomic E-state index is 0.131. The van der Waals surface area contributed by atoms with Gasteiger partial charge >= 0.3 is 0 Å². The lowest BCUT2D eigenvalue weighted by Gasteiger charge is -2.35. The maximum absolute atomic E-state index is 12.3. The number of carbonyl (C=O) groups excluding carboxylic acids is 1. The lowest BCUT2D eigenvalue weighted by molar-refractivity contribution is 0.0946. The number of hydrogen-bond acceptors (Lipinski definition) is 6. The number of rotatable bonds is 5. The van der Waals surface area contributed by atoms with Crippen LogP contribution in [0, 0.1) is 0 Å². The summed E-state index contributed by atoms with van der Waals surface area (Å²) in [5.74, 6) is 0.880. The van der Waals surface area contributed by atoms with E-state index in [1.807, 2.05) is 60.1 Å². The van der Waals surface area contributed by atoms with Gasteiger partial charge in [0.2, 0.25) is 0 Å². The van der Waals surface area contributed by atoms with Crippen LogP contribution in [0.5, 0.6) is 0 Å². The molecule has 3 heterocycles. The highest BCUT2D eigenvalue weighted by Crippen LogP contribution is 2.23. The lowest BCUT2D eigenvalue weighted by atomic mass is 10.2. The van der Waals surface area contributed by atoms with Gasteiger partial charge in [0.15, 0.2) is 5.13 Å². The van der Waals surface area contributed by atoms with Crippen molar-refractivity contribution in [3.63, 3.8) is 0 Å². The van der Waals surface area contributed by atoms with Crippen molar-refractivity contribution in [2.24, 2.45) is 0 Å². The third-order valence-electron chi connectivity index (χ3n) is 4.54. The van der Waals surface area contributed by atoms with Gasteiger partial charge in [-0.15, -0.1) is 11.3 Å². The molecular formula is C20H21N5OS. The number of thiazole rings is 1. The van der Waals surface area contributed by atoms with E-state index >= 15 is 0 Å². The molecule has 7 heteroatoms. The molecule has 1 saturated heterocycles. The highest BCUT2D eigenvalue weighted by Gasteiger charge is 2.21. The fraction of sp³-hybridized carbons (Fsp3) is 0.250. The third-order valence-corrected chi connectivity index (χ3v) is 5.45. The Labute approximate surface area is 162 Å². The first-order valence-corrected chi connectivity index (χ1v) is 9.86. The molecule has 1 fully saturated rings. The van der Waals surface area contributed by atoms with Crippen LogP contribution in [0.4, 0.5) is 10.9 Å². The molecule has 2 aromatic heterocycles. The summed E-state index contributed by atoms with van der Waals surface area (Å²) in [6.45, 7) is 4.04. The molecule has 3 aromatic rings. The number of amides is 1. The molecule has 0 unspecified atom stereocenters. The Kier molecular flexibility index (Phi) is 5.29. The van der Waals surface area contributed by atoms with Crippen molar-refractivity contribution in [3.05, 3.63) is 71.4 Å². The van der Waals surface area contributed by atoms with Gasteiger partial charge in [0.25, 0.3) is 5.91 Å². The zero-order chi connectivity index (χ0) is 18.5. The smallest absolute Gasteiger partial charge is 0.271 e. The number of nitrogens with one attached hydrogen (secondary N) is 1. The molecule has 1 aliphatic heterocycles. The van der Waals surface area contributed by atoms with Crippen LogP contribution in [-0.4, -0.2) is 42.1 Å². The second kappa shape index (κ2) is 8.18. The van der Waals surface area contributed by atoms with Crippen LogP contribution in [0.3, 0.4) is 0 Å². The number of anilines is 2. The average molecular weight is 379 g/mol. The number of piperazine rings is 1. The van der Waals surface area contributed by atoms with Gasteiger partial charge < -0.3 is 15.1 Å². The minimum Gasteiger partial charge on any atom is -0.353 e. The van der Waals surface area contributed by atoms with Gasteiger partial charge in [-0.2, -0.15) is 0 Å². The maximum atomic E-state index is 12.3. The first-order valence-electron chi connectivity index (χ1n) is 8.98. The molecule has 0 bridgehead atoms. The second-order valence-electron chi connectivity index (χ2n) is 6.35. The fourth-order valence-corrected chi connectivity index (χ4v) is 3.91.